The van der Waals surface area contributed by atoms with Crippen molar-refractivity contribution in [3.63, 3.8) is 0 Å². The molecule has 2 N–H and O–H groups in total. The first-order valence-electron chi connectivity index (χ1n) is 3.91. The maximum atomic E-state index is 11.1. The summed E-state index contributed by atoms with van der Waals surface area (Å²) < 4.78 is 23.6. The summed E-state index contributed by atoms with van der Waals surface area (Å²) in [5.74, 6) is 0. The number of hydrogen-bond acceptors (Lipinski definition) is 3. The van der Waals surface area contributed by atoms with E-state index in [9.17, 15) is 8.42 Å². The Labute approximate surface area is 83.5 Å². The number of hydrogen-bond donors (Lipinski definition) is 1. The van der Waals surface area contributed by atoms with Crippen LogP contribution in [-0.4, -0.2) is 55.2 Å². The minimum absolute atomic E-state index is 0.341. The summed E-state index contributed by atoms with van der Waals surface area (Å²) in [6.07, 6.45) is 1.21. The first kappa shape index (κ1) is 10.7. The highest BCUT2D eigenvalue weighted by Gasteiger charge is 2.23. The van der Waals surface area contributed by atoms with Gasteiger partial charge >= 0.3 is 0 Å². The van der Waals surface area contributed by atoms with Crippen molar-refractivity contribution in [2.24, 2.45) is 5.73 Å². The molecule has 0 atom stereocenters. The number of thiocarbonyl (C=S) groups is 1. The molecule has 0 aromatic heterocycles. The third kappa shape index (κ3) is 2.78. The van der Waals surface area contributed by atoms with Crippen molar-refractivity contribution in [3.8, 4) is 0 Å². The van der Waals surface area contributed by atoms with E-state index < -0.39 is 10.0 Å². The Morgan fingerprint density at radius 2 is 1.77 bits per heavy atom. The fraction of sp³-hybridized carbons (Fsp3) is 0.833. The van der Waals surface area contributed by atoms with Gasteiger partial charge in [-0.1, -0.05) is 0 Å². The molecule has 0 aliphatic carbocycles. The lowest BCUT2D eigenvalue weighted by Gasteiger charge is -2.33. The van der Waals surface area contributed by atoms with Gasteiger partial charge in [-0.3, -0.25) is 0 Å². The number of sulfonamides is 1. The zero-order chi connectivity index (χ0) is 10.1. The molecule has 5 nitrogen and oxygen atoms in total. The smallest absolute Gasteiger partial charge is 0.211 e. The molecular formula is C6H13N3O2S2. The van der Waals surface area contributed by atoms with E-state index >= 15 is 0 Å². The third-order valence-electron chi connectivity index (χ3n) is 2.02. The van der Waals surface area contributed by atoms with E-state index in [1.54, 1.807) is 4.90 Å². The molecule has 1 aliphatic heterocycles. The normalized spacial score (nSPS) is 20.2. The lowest BCUT2D eigenvalue weighted by molar-refractivity contribution is 0.268. The van der Waals surface area contributed by atoms with Gasteiger partial charge in [0, 0.05) is 26.2 Å². The molecular weight excluding hydrogens is 210 g/mol. The average molecular weight is 223 g/mol. The van der Waals surface area contributed by atoms with Crippen LogP contribution in [0.2, 0.25) is 0 Å². The molecule has 0 saturated carbocycles. The predicted molar refractivity (Wildman–Crippen MR) is 54.8 cm³/mol. The summed E-state index contributed by atoms with van der Waals surface area (Å²) in [6, 6.07) is 0. The molecule has 1 saturated heterocycles. The van der Waals surface area contributed by atoms with Gasteiger partial charge in [0.25, 0.3) is 0 Å². The Balaban J connectivity index is 2.53. The summed E-state index contributed by atoms with van der Waals surface area (Å²) in [5.41, 5.74) is 5.41. The molecule has 1 fully saturated rings. The van der Waals surface area contributed by atoms with Crippen molar-refractivity contribution < 1.29 is 8.42 Å². The molecule has 7 heteroatoms. The van der Waals surface area contributed by atoms with E-state index in [0.29, 0.717) is 31.3 Å². The van der Waals surface area contributed by atoms with Crippen LogP contribution in [0, 0.1) is 0 Å². The predicted octanol–water partition coefficient (Wildman–Crippen LogP) is -1.19. The van der Waals surface area contributed by atoms with E-state index in [-0.39, 0.29) is 0 Å². The van der Waals surface area contributed by atoms with Crippen LogP contribution in [0.5, 0.6) is 0 Å². The molecule has 1 aliphatic rings. The molecule has 0 bridgehead atoms. The maximum absolute atomic E-state index is 11.1. The van der Waals surface area contributed by atoms with Gasteiger partial charge in [-0.15, -0.1) is 0 Å². The number of nitrogens with two attached hydrogens (primary N) is 1. The van der Waals surface area contributed by atoms with Gasteiger partial charge < -0.3 is 10.6 Å². The van der Waals surface area contributed by atoms with E-state index in [2.05, 4.69) is 0 Å². The maximum Gasteiger partial charge on any atom is 0.211 e. The van der Waals surface area contributed by atoms with Gasteiger partial charge in [0.05, 0.1) is 6.26 Å². The van der Waals surface area contributed by atoms with Crippen LogP contribution in [-0.2, 0) is 10.0 Å². The minimum atomic E-state index is -3.05. The second-order valence-corrected chi connectivity index (χ2v) is 5.39. The Kier molecular flexibility index (Phi) is 3.09. The standard InChI is InChI=1S/C6H13N3O2S2/c1-13(10,11)9-4-2-8(3-5-9)6(7)12/h2-5H2,1H3,(H2,7,12). The highest BCUT2D eigenvalue weighted by atomic mass is 32.2. The molecule has 0 spiro atoms. The summed E-state index contributed by atoms with van der Waals surface area (Å²) in [6.45, 7) is 2.11. The van der Waals surface area contributed by atoms with Crippen molar-refractivity contribution in [1.29, 1.82) is 0 Å². The summed E-state index contributed by atoms with van der Waals surface area (Å²) in [4.78, 5) is 1.80. The first-order valence-corrected chi connectivity index (χ1v) is 6.16. The Bertz CT molecular complexity index is 293. The van der Waals surface area contributed by atoms with Crippen molar-refractivity contribution in [2.45, 2.75) is 0 Å². The Morgan fingerprint density at radius 3 is 2.08 bits per heavy atom. The number of piperazine rings is 1. The molecule has 76 valence electrons. The van der Waals surface area contributed by atoms with E-state index in [1.165, 1.54) is 10.6 Å². The lowest BCUT2D eigenvalue weighted by atomic mass is 10.4. The Hall–Kier alpha value is -0.400. The van der Waals surface area contributed by atoms with Crippen LogP contribution in [0.25, 0.3) is 0 Å². The van der Waals surface area contributed by atoms with Crippen LogP contribution in [0.1, 0.15) is 0 Å². The molecule has 0 aromatic carbocycles. The van der Waals surface area contributed by atoms with Crippen molar-refractivity contribution in [1.82, 2.24) is 9.21 Å². The highest BCUT2D eigenvalue weighted by molar-refractivity contribution is 7.88. The van der Waals surface area contributed by atoms with Crippen LogP contribution >= 0.6 is 12.2 Å². The van der Waals surface area contributed by atoms with Gasteiger partial charge in [-0.2, -0.15) is 4.31 Å². The number of rotatable bonds is 1. The highest BCUT2D eigenvalue weighted by Crippen LogP contribution is 2.05. The van der Waals surface area contributed by atoms with Crippen molar-refractivity contribution >= 4 is 27.4 Å². The second-order valence-electron chi connectivity index (χ2n) is 2.99. The Morgan fingerprint density at radius 1 is 1.31 bits per heavy atom. The SMILES string of the molecule is CS(=O)(=O)N1CCN(C(N)=S)CC1. The molecule has 1 heterocycles. The van der Waals surface area contributed by atoms with Crippen LogP contribution in [0.4, 0.5) is 0 Å². The van der Waals surface area contributed by atoms with Crippen LogP contribution < -0.4 is 5.73 Å². The molecule has 1 rings (SSSR count). The molecule has 0 radical (unpaired) electrons. The van der Waals surface area contributed by atoms with E-state index in [4.69, 9.17) is 18.0 Å². The zero-order valence-electron chi connectivity index (χ0n) is 7.43. The minimum Gasteiger partial charge on any atom is -0.376 e. The lowest BCUT2D eigenvalue weighted by Crippen LogP contribution is -2.51. The van der Waals surface area contributed by atoms with Crippen molar-refractivity contribution in [2.75, 3.05) is 32.4 Å². The molecule has 13 heavy (non-hydrogen) atoms. The molecule has 0 aromatic rings. The zero-order valence-corrected chi connectivity index (χ0v) is 9.07. The average Bonchev–Trinajstić information content (AvgIpc) is 2.03. The number of nitrogens with zero attached hydrogens (tertiary/aromatic N) is 2. The molecule has 0 unspecified atom stereocenters. The van der Waals surface area contributed by atoms with Crippen LogP contribution in [0.3, 0.4) is 0 Å². The first-order chi connectivity index (χ1) is 5.91. The fourth-order valence-electron chi connectivity index (χ4n) is 1.24. The van der Waals surface area contributed by atoms with Crippen LogP contribution in [0.15, 0.2) is 0 Å². The van der Waals surface area contributed by atoms with Gasteiger partial charge in [0.2, 0.25) is 10.0 Å². The summed E-state index contributed by atoms with van der Waals surface area (Å²) >= 11 is 4.78. The fourth-order valence-corrected chi connectivity index (χ4v) is 2.25. The molecule has 0 amide bonds. The topological polar surface area (TPSA) is 66.6 Å². The van der Waals surface area contributed by atoms with Crippen molar-refractivity contribution in [3.05, 3.63) is 0 Å². The van der Waals surface area contributed by atoms with Gasteiger partial charge in [-0.25, -0.2) is 8.42 Å². The van der Waals surface area contributed by atoms with Gasteiger partial charge in [0.1, 0.15) is 0 Å². The summed E-state index contributed by atoms with van der Waals surface area (Å²) in [5, 5.41) is 0.341. The third-order valence-corrected chi connectivity index (χ3v) is 3.58. The monoisotopic (exact) mass is 223 g/mol. The van der Waals surface area contributed by atoms with E-state index in [0.717, 1.165) is 0 Å². The van der Waals surface area contributed by atoms with Gasteiger partial charge in [0.15, 0.2) is 5.11 Å². The van der Waals surface area contributed by atoms with Gasteiger partial charge in [-0.05, 0) is 12.2 Å². The second kappa shape index (κ2) is 3.77. The van der Waals surface area contributed by atoms with E-state index in [1.807, 2.05) is 0 Å². The quantitative estimate of drug-likeness (QED) is 0.566. The largest absolute Gasteiger partial charge is 0.376 e. The summed E-state index contributed by atoms with van der Waals surface area (Å²) in [7, 11) is -3.05.